The molecule has 4 aromatic rings. The molecule has 9 heteroatoms. The van der Waals surface area contributed by atoms with Crippen LogP contribution >= 0.6 is 0 Å². The maximum atomic E-state index is 6.39. The first-order chi connectivity index (χ1) is 16.6. The molecule has 0 spiro atoms. The van der Waals surface area contributed by atoms with Crippen LogP contribution in [0.3, 0.4) is 0 Å². The lowest BCUT2D eigenvalue weighted by Crippen LogP contribution is -2.47. The van der Waals surface area contributed by atoms with Gasteiger partial charge in [-0.2, -0.15) is 10.1 Å². The van der Waals surface area contributed by atoms with Gasteiger partial charge in [0.25, 0.3) is 0 Å². The SMILES string of the molecule is COCCN1CCN(c2nc(-c3cccc(Oc4ccccc4)c3)c3c(N)n(C)nc3n2)CC1. The Balaban J connectivity index is 1.49. The number of anilines is 2. The van der Waals surface area contributed by atoms with Crippen molar-refractivity contribution >= 4 is 22.8 Å². The minimum absolute atomic E-state index is 0.537. The molecule has 1 aliphatic heterocycles. The summed E-state index contributed by atoms with van der Waals surface area (Å²) >= 11 is 0. The van der Waals surface area contributed by atoms with Gasteiger partial charge in [0, 0.05) is 52.4 Å². The summed E-state index contributed by atoms with van der Waals surface area (Å²) in [7, 11) is 3.56. The average Bonchev–Trinajstić information content (AvgIpc) is 3.16. The van der Waals surface area contributed by atoms with E-state index in [1.165, 1.54) is 0 Å². The van der Waals surface area contributed by atoms with Crippen LogP contribution in [0, 0.1) is 0 Å². The van der Waals surface area contributed by atoms with Gasteiger partial charge in [0.05, 0.1) is 17.7 Å². The van der Waals surface area contributed by atoms with E-state index in [1.807, 2.05) is 61.6 Å². The van der Waals surface area contributed by atoms with Crippen molar-refractivity contribution in [2.75, 3.05) is 57.1 Å². The molecule has 0 aliphatic carbocycles. The summed E-state index contributed by atoms with van der Waals surface area (Å²) in [5.41, 5.74) is 8.64. The third kappa shape index (κ3) is 4.52. The normalized spacial score (nSPS) is 14.6. The fraction of sp³-hybridized carbons (Fsp3) is 0.320. The first-order valence-electron chi connectivity index (χ1n) is 11.4. The second kappa shape index (κ2) is 9.66. The number of nitrogen functional groups attached to an aromatic ring is 1. The summed E-state index contributed by atoms with van der Waals surface area (Å²) in [6, 6.07) is 17.6. The number of hydrogen-bond acceptors (Lipinski definition) is 8. The Morgan fingerprint density at radius 2 is 1.71 bits per heavy atom. The molecule has 3 heterocycles. The fourth-order valence-electron chi connectivity index (χ4n) is 4.18. The minimum atomic E-state index is 0.537. The molecule has 0 atom stereocenters. The molecule has 176 valence electrons. The monoisotopic (exact) mass is 459 g/mol. The number of aromatic nitrogens is 4. The van der Waals surface area contributed by atoms with E-state index >= 15 is 0 Å². The lowest BCUT2D eigenvalue weighted by atomic mass is 10.1. The molecule has 2 aromatic carbocycles. The van der Waals surface area contributed by atoms with Crippen LogP contribution in [0.1, 0.15) is 0 Å². The number of nitrogens with zero attached hydrogens (tertiary/aromatic N) is 6. The van der Waals surface area contributed by atoms with Crippen molar-refractivity contribution in [1.29, 1.82) is 0 Å². The molecule has 1 aliphatic rings. The van der Waals surface area contributed by atoms with E-state index in [0.29, 0.717) is 17.4 Å². The van der Waals surface area contributed by atoms with Gasteiger partial charge in [-0.3, -0.25) is 9.58 Å². The molecule has 9 nitrogen and oxygen atoms in total. The predicted octanol–water partition coefficient (Wildman–Crippen LogP) is 3.17. The van der Waals surface area contributed by atoms with E-state index in [9.17, 15) is 0 Å². The van der Waals surface area contributed by atoms with Gasteiger partial charge < -0.3 is 20.1 Å². The highest BCUT2D eigenvalue weighted by Gasteiger charge is 2.23. The van der Waals surface area contributed by atoms with Gasteiger partial charge in [-0.15, -0.1) is 0 Å². The van der Waals surface area contributed by atoms with Crippen molar-refractivity contribution in [3.05, 3.63) is 54.6 Å². The summed E-state index contributed by atoms with van der Waals surface area (Å²) in [4.78, 5) is 14.4. The molecule has 0 radical (unpaired) electrons. The molecule has 1 fully saturated rings. The fourth-order valence-corrected chi connectivity index (χ4v) is 4.18. The topological polar surface area (TPSA) is 94.6 Å². The number of methoxy groups -OCH3 is 1. The maximum absolute atomic E-state index is 6.39. The van der Waals surface area contributed by atoms with Crippen molar-refractivity contribution < 1.29 is 9.47 Å². The smallest absolute Gasteiger partial charge is 0.228 e. The quantitative estimate of drug-likeness (QED) is 0.450. The lowest BCUT2D eigenvalue weighted by molar-refractivity contribution is 0.144. The van der Waals surface area contributed by atoms with Crippen LogP contribution in [0.4, 0.5) is 11.8 Å². The molecule has 5 rings (SSSR count). The highest BCUT2D eigenvalue weighted by molar-refractivity contribution is 5.99. The van der Waals surface area contributed by atoms with Gasteiger partial charge in [0.1, 0.15) is 17.3 Å². The Labute approximate surface area is 198 Å². The Kier molecular flexibility index (Phi) is 6.29. The van der Waals surface area contributed by atoms with Crippen LogP contribution in [-0.2, 0) is 11.8 Å². The summed E-state index contributed by atoms with van der Waals surface area (Å²) in [6.07, 6.45) is 0. The molecule has 2 N–H and O–H groups in total. The Hall–Kier alpha value is -3.69. The number of fused-ring (bicyclic) bond motifs is 1. The standard InChI is InChI=1S/C25H29N7O2/c1-30-23(26)21-22(18-7-6-10-20(17-18)34-19-8-4-3-5-9-19)27-25(28-24(21)29-30)32-13-11-31(12-14-32)15-16-33-2/h3-10,17H,11-16,26H2,1-2H3. The number of nitrogens with two attached hydrogens (primary N) is 1. The second-order valence-electron chi connectivity index (χ2n) is 8.34. The number of ether oxygens (including phenoxy) is 2. The largest absolute Gasteiger partial charge is 0.457 e. The molecule has 0 unspecified atom stereocenters. The molecule has 2 aromatic heterocycles. The summed E-state index contributed by atoms with van der Waals surface area (Å²) in [5, 5.41) is 5.31. The summed E-state index contributed by atoms with van der Waals surface area (Å²) < 4.78 is 12.9. The Morgan fingerprint density at radius 3 is 2.47 bits per heavy atom. The number of para-hydroxylation sites is 1. The zero-order chi connectivity index (χ0) is 23.5. The molecule has 0 saturated carbocycles. The predicted molar refractivity (Wildman–Crippen MR) is 133 cm³/mol. The number of rotatable bonds is 7. The molecular weight excluding hydrogens is 430 g/mol. The number of piperazine rings is 1. The second-order valence-corrected chi connectivity index (χ2v) is 8.34. The molecule has 0 amide bonds. The van der Waals surface area contributed by atoms with Crippen molar-refractivity contribution in [2.45, 2.75) is 0 Å². The van der Waals surface area contributed by atoms with E-state index in [0.717, 1.165) is 67.5 Å². The Morgan fingerprint density at radius 1 is 0.941 bits per heavy atom. The molecule has 0 bridgehead atoms. The van der Waals surface area contributed by atoms with E-state index in [4.69, 9.17) is 25.2 Å². The van der Waals surface area contributed by atoms with Crippen LogP contribution in [0.2, 0.25) is 0 Å². The number of hydrogen-bond donors (Lipinski definition) is 1. The van der Waals surface area contributed by atoms with Gasteiger partial charge in [0.2, 0.25) is 5.95 Å². The van der Waals surface area contributed by atoms with Crippen molar-refractivity contribution in [2.24, 2.45) is 7.05 Å². The Bertz CT molecular complexity index is 1270. The molecular formula is C25H29N7O2. The molecule has 34 heavy (non-hydrogen) atoms. The van der Waals surface area contributed by atoms with Gasteiger partial charge in [-0.05, 0) is 24.3 Å². The summed E-state index contributed by atoms with van der Waals surface area (Å²) in [5.74, 6) is 2.71. The van der Waals surface area contributed by atoms with Gasteiger partial charge in [-0.1, -0.05) is 30.3 Å². The highest BCUT2D eigenvalue weighted by Crippen LogP contribution is 2.34. The average molecular weight is 460 g/mol. The lowest BCUT2D eigenvalue weighted by Gasteiger charge is -2.34. The maximum Gasteiger partial charge on any atom is 0.228 e. The van der Waals surface area contributed by atoms with Crippen LogP contribution in [0.25, 0.3) is 22.3 Å². The van der Waals surface area contributed by atoms with E-state index < -0.39 is 0 Å². The zero-order valence-corrected chi connectivity index (χ0v) is 19.5. The van der Waals surface area contributed by atoms with Crippen LogP contribution in [0.15, 0.2) is 54.6 Å². The minimum Gasteiger partial charge on any atom is -0.457 e. The van der Waals surface area contributed by atoms with E-state index in [-0.39, 0.29) is 0 Å². The zero-order valence-electron chi connectivity index (χ0n) is 19.5. The highest BCUT2D eigenvalue weighted by atomic mass is 16.5. The molecule has 1 saturated heterocycles. The van der Waals surface area contributed by atoms with Crippen LogP contribution in [-0.4, -0.2) is 71.1 Å². The van der Waals surface area contributed by atoms with E-state index in [1.54, 1.807) is 11.8 Å². The van der Waals surface area contributed by atoms with Gasteiger partial charge in [-0.25, -0.2) is 4.98 Å². The number of benzene rings is 2. The third-order valence-electron chi connectivity index (χ3n) is 6.08. The third-order valence-corrected chi connectivity index (χ3v) is 6.08. The first-order valence-corrected chi connectivity index (χ1v) is 11.4. The first kappa shape index (κ1) is 22.1. The van der Waals surface area contributed by atoms with Crippen molar-refractivity contribution in [3.63, 3.8) is 0 Å². The van der Waals surface area contributed by atoms with Gasteiger partial charge >= 0.3 is 0 Å². The van der Waals surface area contributed by atoms with E-state index in [2.05, 4.69) is 14.9 Å². The van der Waals surface area contributed by atoms with Crippen LogP contribution in [0.5, 0.6) is 11.5 Å². The number of aryl methyl sites for hydroxylation is 1. The van der Waals surface area contributed by atoms with Gasteiger partial charge in [0.15, 0.2) is 5.65 Å². The van der Waals surface area contributed by atoms with Crippen molar-refractivity contribution in [1.82, 2.24) is 24.6 Å². The summed E-state index contributed by atoms with van der Waals surface area (Å²) in [6.45, 7) is 5.22. The van der Waals surface area contributed by atoms with Crippen molar-refractivity contribution in [3.8, 4) is 22.8 Å². The van der Waals surface area contributed by atoms with Crippen LogP contribution < -0.4 is 15.4 Å².